The minimum atomic E-state index is -0.441. The van der Waals surface area contributed by atoms with Gasteiger partial charge in [-0.15, -0.1) is 0 Å². The molecule has 0 aliphatic heterocycles. The van der Waals surface area contributed by atoms with E-state index in [0.717, 1.165) is 70.2 Å². The van der Waals surface area contributed by atoms with Crippen molar-refractivity contribution in [3.05, 3.63) is 152 Å². The third kappa shape index (κ3) is 3.57. The Labute approximate surface area is 250 Å². The average molecular weight is 604 g/mol. The van der Waals surface area contributed by atoms with Gasteiger partial charge in [-0.25, -0.2) is 0 Å². The quantitative estimate of drug-likeness (QED) is 0.114. The fourth-order valence-electron chi connectivity index (χ4n) is 6.74. The summed E-state index contributed by atoms with van der Waals surface area (Å²) in [6.45, 7) is 2.12. The van der Waals surface area contributed by atoms with Crippen LogP contribution < -0.4 is 10.9 Å². The third-order valence-electron chi connectivity index (χ3n) is 8.47. The predicted molar refractivity (Wildman–Crippen MR) is 180 cm³/mol. The normalized spacial score (nSPS) is 11.8. The van der Waals surface area contributed by atoms with Gasteiger partial charge >= 0.3 is 0 Å². The summed E-state index contributed by atoms with van der Waals surface area (Å²) in [6, 6.07) is 41.4. The van der Waals surface area contributed by atoms with Crippen molar-refractivity contribution in [2.45, 2.75) is 6.92 Å². The van der Waals surface area contributed by atoms with Crippen molar-refractivity contribution < 1.29 is 0 Å². The van der Waals surface area contributed by atoms with Crippen molar-refractivity contribution in [3.8, 4) is 33.4 Å². The fourth-order valence-corrected chi connectivity index (χ4v) is 7.14. The molecule has 0 atom stereocenters. The molecule has 198 valence electrons. The molecule has 0 spiro atoms. The second kappa shape index (κ2) is 9.34. The number of benzene rings is 8. The fraction of sp³-hybridized carbons (Fsp3) is 0.0256. The molecular formula is C39H23BrO2. The Morgan fingerprint density at radius 1 is 0.452 bits per heavy atom. The van der Waals surface area contributed by atoms with Crippen LogP contribution in [0.1, 0.15) is 5.56 Å². The van der Waals surface area contributed by atoms with Crippen LogP contribution in [-0.4, -0.2) is 0 Å². The molecule has 0 N–H and O–H groups in total. The molecule has 2 nitrogen and oxygen atoms in total. The van der Waals surface area contributed by atoms with Gasteiger partial charge in [0.15, 0.2) is 0 Å². The van der Waals surface area contributed by atoms with Crippen LogP contribution in [0.4, 0.5) is 0 Å². The summed E-state index contributed by atoms with van der Waals surface area (Å²) in [4.78, 5) is 26.8. The first kappa shape index (κ1) is 24.9. The maximum Gasteiger partial charge on any atom is 0.234 e. The Bertz CT molecular complexity index is 2460. The van der Waals surface area contributed by atoms with Gasteiger partial charge in [0.1, 0.15) is 0 Å². The second-order valence-corrected chi connectivity index (χ2v) is 11.9. The first-order chi connectivity index (χ1) is 20.5. The minimum Gasteiger partial charge on any atom is -0.285 e. The molecule has 8 rings (SSSR count). The zero-order valence-corrected chi connectivity index (χ0v) is 24.3. The van der Waals surface area contributed by atoms with Crippen LogP contribution in [0.25, 0.3) is 76.5 Å². The van der Waals surface area contributed by atoms with Gasteiger partial charge in [-0.05, 0) is 80.0 Å². The Balaban J connectivity index is 1.75. The molecule has 0 aromatic heterocycles. The first-order valence-electron chi connectivity index (χ1n) is 14.0. The van der Waals surface area contributed by atoms with Crippen molar-refractivity contribution in [2.24, 2.45) is 0 Å². The summed E-state index contributed by atoms with van der Waals surface area (Å²) in [5.41, 5.74) is 6.90. The van der Waals surface area contributed by atoms with Gasteiger partial charge in [-0.2, -0.15) is 0 Å². The van der Waals surface area contributed by atoms with Gasteiger partial charge in [0, 0.05) is 26.0 Å². The molecule has 0 saturated carbocycles. The lowest BCUT2D eigenvalue weighted by atomic mass is 9.80. The Kier molecular flexibility index (Phi) is 5.53. The topological polar surface area (TPSA) is 34.1 Å². The van der Waals surface area contributed by atoms with Gasteiger partial charge < -0.3 is 0 Å². The van der Waals surface area contributed by atoms with Crippen molar-refractivity contribution in [1.29, 1.82) is 0 Å². The molecule has 0 heterocycles. The van der Waals surface area contributed by atoms with Crippen LogP contribution in [0.3, 0.4) is 0 Å². The van der Waals surface area contributed by atoms with E-state index in [1.807, 2.05) is 24.3 Å². The van der Waals surface area contributed by atoms with Crippen molar-refractivity contribution in [1.82, 2.24) is 0 Å². The number of aryl methyl sites for hydroxylation is 1. The number of rotatable bonds is 3. The summed E-state index contributed by atoms with van der Waals surface area (Å²) in [5.74, 6) is 0. The number of halogens is 1. The van der Waals surface area contributed by atoms with Crippen LogP contribution in [-0.2, 0) is 0 Å². The zero-order valence-electron chi connectivity index (χ0n) is 22.7. The third-order valence-corrected chi connectivity index (χ3v) is 8.96. The van der Waals surface area contributed by atoms with Crippen LogP contribution in [0.15, 0.2) is 135 Å². The van der Waals surface area contributed by atoms with Crippen molar-refractivity contribution in [2.75, 3.05) is 0 Å². The summed E-state index contributed by atoms with van der Waals surface area (Å²) < 4.78 is 0.993. The van der Waals surface area contributed by atoms with E-state index in [2.05, 4.69) is 108 Å². The van der Waals surface area contributed by atoms with E-state index < -0.39 is 10.9 Å². The van der Waals surface area contributed by atoms with Gasteiger partial charge in [0.05, 0.1) is 0 Å². The molecule has 0 unspecified atom stereocenters. The highest BCUT2D eigenvalue weighted by Gasteiger charge is 2.24. The lowest BCUT2D eigenvalue weighted by Crippen LogP contribution is -2.24. The van der Waals surface area contributed by atoms with Gasteiger partial charge in [0.2, 0.25) is 10.9 Å². The molecular weight excluding hydrogens is 580 g/mol. The predicted octanol–water partition coefficient (Wildman–Crippen LogP) is 9.97. The lowest BCUT2D eigenvalue weighted by molar-refractivity contribution is 1.47. The maximum atomic E-state index is 13.4. The molecule has 0 fully saturated rings. The van der Waals surface area contributed by atoms with Crippen LogP contribution in [0.2, 0.25) is 0 Å². The van der Waals surface area contributed by atoms with E-state index in [-0.39, 0.29) is 0 Å². The number of fused-ring (bicyclic) bond motifs is 3. The molecule has 3 heteroatoms. The molecule has 0 saturated heterocycles. The Morgan fingerprint density at radius 2 is 1.02 bits per heavy atom. The molecule has 0 radical (unpaired) electrons. The summed E-state index contributed by atoms with van der Waals surface area (Å²) in [6.07, 6.45) is 0. The standard InChI is InChI=1S/C39H23BrO2/c1-22-9-5-13-25(19-22)33-31(23-10-3-2-4-11-23)21-32(24-12-6-14-26(40)20-24)36-27-15-7-17-29-34(27)35-28(37(33)36)16-8-18-30(35)39(42)38(29)41/h2-21H,1H3. The monoisotopic (exact) mass is 602 g/mol. The van der Waals surface area contributed by atoms with Gasteiger partial charge in [0.25, 0.3) is 0 Å². The molecule has 42 heavy (non-hydrogen) atoms. The summed E-state index contributed by atoms with van der Waals surface area (Å²) >= 11 is 3.70. The molecule has 0 aliphatic rings. The molecule has 0 bridgehead atoms. The van der Waals surface area contributed by atoms with Crippen LogP contribution in [0, 0.1) is 6.92 Å². The summed E-state index contributed by atoms with van der Waals surface area (Å²) in [7, 11) is 0. The van der Waals surface area contributed by atoms with Gasteiger partial charge in [-0.1, -0.05) is 125 Å². The van der Waals surface area contributed by atoms with E-state index >= 15 is 0 Å². The Hall–Kier alpha value is -4.86. The molecule has 8 aromatic rings. The SMILES string of the molecule is Cc1cccc(-c2c(-c3ccccc3)cc(-c3cccc(Br)c3)c3c4cccc5c(=O)c(=O)c6cccc(c23)c6c54)c1. The lowest BCUT2D eigenvalue weighted by Gasteiger charge is -2.23. The van der Waals surface area contributed by atoms with E-state index in [4.69, 9.17) is 0 Å². The molecule has 0 amide bonds. The number of hydrogen-bond acceptors (Lipinski definition) is 2. The van der Waals surface area contributed by atoms with E-state index in [1.54, 1.807) is 12.1 Å². The van der Waals surface area contributed by atoms with E-state index in [9.17, 15) is 9.59 Å². The molecule has 8 aromatic carbocycles. The largest absolute Gasteiger partial charge is 0.285 e. The smallest absolute Gasteiger partial charge is 0.234 e. The van der Waals surface area contributed by atoms with Crippen LogP contribution >= 0.6 is 15.9 Å². The van der Waals surface area contributed by atoms with Crippen molar-refractivity contribution >= 4 is 59.0 Å². The minimum absolute atomic E-state index is 0.441. The highest BCUT2D eigenvalue weighted by molar-refractivity contribution is 9.10. The van der Waals surface area contributed by atoms with Gasteiger partial charge in [-0.3, -0.25) is 9.59 Å². The van der Waals surface area contributed by atoms with E-state index in [1.165, 1.54) is 5.56 Å². The summed E-state index contributed by atoms with van der Waals surface area (Å²) in [5, 5.41) is 6.80. The number of hydrogen-bond donors (Lipinski definition) is 0. The molecule has 0 aliphatic carbocycles. The van der Waals surface area contributed by atoms with Crippen LogP contribution in [0.5, 0.6) is 0 Å². The zero-order chi connectivity index (χ0) is 28.5. The second-order valence-electron chi connectivity index (χ2n) is 11.0. The average Bonchev–Trinajstić information content (AvgIpc) is 3.02. The maximum absolute atomic E-state index is 13.4. The first-order valence-corrected chi connectivity index (χ1v) is 14.8. The highest BCUT2D eigenvalue weighted by Crippen LogP contribution is 2.50. The Morgan fingerprint density at radius 3 is 1.69 bits per heavy atom. The van der Waals surface area contributed by atoms with Crippen molar-refractivity contribution in [3.63, 3.8) is 0 Å². The highest BCUT2D eigenvalue weighted by atomic mass is 79.9. The van der Waals surface area contributed by atoms with E-state index in [0.29, 0.717) is 10.8 Å².